The van der Waals surface area contributed by atoms with Gasteiger partial charge in [-0.05, 0) is 20.8 Å². The third-order valence-corrected chi connectivity index (χ3v) is 0.642. The zero-order chi connectivity index (χ0) is 6.08. The van der Waals surface area contributed by atoms with Gasteiger partial charge in [0.25, 0.3) is 0 Å². The van der Waals surface area contributed by atoms with Gasteiger partial charge in [-0.3, -0.25) is 4.79 Å². The molecule has 0 aromatic heterocycles. The molecule has 8 heavy (non-hydrogen) atoms. The molecular weight excluding hydrogens is 255 g/mol. The molecule has 0 spiro atoms. The number of hydrogen-bond donors (Lipinski definition) is 1. The summed E-state index contributed by atoms with van der Waals surface area (Å²) in [5, 5.41) is 8.25. The summed E-state index contributed by atoms with van der Waals surface area (Å²) in [5.41, 5.74) is -0.583. The Kier molecular flexibility index (Phi) is 5.34. The predicted molar refractivity (Wildman–Crippen MR) is 27.1 cm³/mol. The van der Waals surface area contributed by atoms with E-state index in [0.717, 1.165) is 0 Å². The SMILES string of the molecule is CC(C)(C)C(=O)O.[Dy]. The molecule has 52 valence electrons. The predicted octanol–water partition coefficient (Wildman–Crippen LogP) is 1.12. The van der Waals surface area contributed by atoms with Crippen LogP contribution in [0, 0.1) is 43.6 Å². The van der Waals surface area contributed by atoms with Crippen molar-refractivity contribution in [1.29, 1.82) is 0 Å². The molecule has 2 nitrogen and oxygen atoms in total. The van der Waals surface area contributed by atoms with E-state index in [4.69, 9.17) is 5.11 Å². The van der Waals surface area contributed by atoms with E-state index in [2.05, 4.69) is 0 Å². The fourth-order valence-electron chi connectivity index (χ4n) is 0. The normalized spacial score (nSPS) is 9.88. The molecule has 0 atom stereocenters. The minimum absolute atomic E-state index is 0. The molecule has 0 aliphatic carbocycles. The standard InChI is InChI=1S/C5H10O2.Dy/c1-5(2,3)4(6)7;/h1-3H3,(H,6,7);. The van der Waals surface area contributed by atoms with Crippen molar-refractivity contribution in [2.75, 3.05) is 0 Å². The third-order valence-electron chi connectivity index (χ3n) is 0.642. The second-order valence-electron chi connectivity index (χ2n) is 2.56. The molecular formula is C5H10DyO2. The van der Waals surface area contributed by atoms with Crippen molar-refractivity contribution in [3.8, 4) is 0 Å². The van der Waals surface area contributed by atoms with Crippen molar-refractivity contribution in [3.05, 3.63) is 0 Å². The maximum atomic E-state index is 10.0. The second kappa shape index (κ2) is 3.71. The average Bonchev–Trinajstić information content (AvgIpc) is 1.31. The van der Waals surface area contributed by atoms with Crippen molar-refractivity contribution in [1.82, 2.24) is 0 Å². The molecule has 0 aromatic carbocycles. The van der Waals surface area contributed by atoms with E-state index in [1.54, 1.807) is 20.8 Å². The smallest absolute Gasteiger partial charge is 0.308 e. The molecule has 0 fully saturated rings. The van der Waals surface area contributed by atoms with Crippen LogP contribution >= 0.6 is 0 Å². The molecule has 0 saturated heterocycles. The molecule has 3 heteroatoms. The number of carboxylic acid groups (broad SMARTS) is 1. The van der Waals surface area contributed by atoms with Crippen molar-refractivity contribution in [2.45, 2.75) is 20.8 Å². The maximum Gasteiger partial charge on any atom is 0.308 e. The van der Waals surface area contributed by atoms with E-state index in [0.29, 0.717) is 0 Å². The van der Waals surface area contributed by atoms with Crippen molar-refractivity contribution in [3.63, 3.8) is 0 Å². The Morgan fingerprint density at radius 3 is 1.50 bits per heavy atom. The first-order chi connectivity index (χ1) is 2.94. The van der Waals surface area contributed by atoms with Gasteiger partial charge >= 0.3 is 5.97 Å². The fourth-order valence-corrected chi connectivity index (χ4v) is 0. The minimum atomic E-state index is -0.757. The Morgan fingerprint density at radius 1 is 1.38 bits per heavy atom. The molecule has 0 amide bonds. The van der Waals surface area contributed by atoms with Gasteiger partial charge in [0, 0.05) is 38.2 Å². The van der Waals surface area contributed by atoms with Crippen LogP contribution in [-0.4, -0.2) is 11.1 Å². The summed E-state index contributed by atoms with van der Waals surface area (Å²) in [6.07, 6.45) is 0. The van der Waals surface area contributed by atoms with Gasteiger partial charge < -0.3 is 5.11 Å². The zero-order valence-corrected chi connectivity index (χ0v) is 7.20. The maximum absolute atomic E-state index is 10.0. The van der Waals surface area contributed by atoms with Crippen LogP contribution in [0.4, 0.5) is 0 Å². The first kappa shape index (κ1) is 11.5. The Balaban J connectivity index is 0. The van der Waals surface area contributed by atoms with Crippen LogP contribution in [0.2, 0.25) is 0 Å². The molecule has 0 aromatic rings. The molecule has 0 rings (SSSR count). The first-order valence-corrected chi connectivity index (χ1v) is 2.18. The summed E-state index contributed by atoms with van der Waals surface area (Å²) in [5.74, 6) is -0.757. The summed E-state index contributed by atoms with van der Waals surface area (Å²) in [6, 6.07) is 0. The summed E-state index contributed by atoms with van der Waals surface area (Å²) in [7, 11) is 0. The molecule has 0 unspecified atom stereocenters. The topological polar surface area (TPSA) is 37.3 Å². The van der Waals surface area contributed by atoms with Crippen LogP contribution in [0.25, 0.3) is 0 Å². The van der Waals surface area contributed by atoms with Gasteiger partial charge in [-0.1, -0.05) is 0 Å². The van der Waals surface area contributed by atoms with E-state index >= 15 is 0 Å². The molecule has 0 aliphatic heterocycles. The largest absolute Gasteiger partial charge is 0.481 e. The molecule has 1 N–H and O–H groups in total. The number of carboxylic acids is 1. The monoisotopic (exact) mass is 266 g/mol. The van der Waals surface area contributed by atoms with Crippen LogP contribution in [0.3, 0.4) is 0 Å². The quantitative estimate of drug-likeness (QED) is 0.712. The number of carbonyl (C=O) groups is 1. The number of rotatable bonds is 0. The van der Waals surface area contributed by atoms with E-state index in [-0.39, 0.29) is 38.2 Å². The van der Waals surface area contributed by atoms with Crippen molar-refractivity contribution < 1.29 is 48.1 Å². The molecule has 0 bridgehead atoms. The van der Waals surface area contributed by atoms with Crippen LogP contribution in [0.5, 0.6) is 0 Å². The van der Waals surface area contributed by atoms with Crippen molar-refractivity contribution >= 4 is 5.97 Å². The summed E-state index contributed by atoms with van der Waals surface area (Å²) >= 11 is 0. The van der Waals surface area contributed by atoms with Crippen LogP contribution < -0.4 is 0 Å². The fraction of sp³-hybridized carbons (Fsp3) is 0.800. The Hall–Kier alpha value is 0.743. The van der Waals surface area contributed by atoms with E-state index in [9.17, 15) is 4.79 Å². The van der Waals surface area contributed by atoms with Crippen LogP contribution in [0.1, 0.15) is 20.8 Å². The van der Waals surface area contributed by atoms with Gasteiger partial charge in [0.2, 0.25) is 0 Å². The Labute approximate surface area is 79.7 Å². The molecule has 0 heterocycles. The number of aliphatic carboxylic acids is 1. The molecule has 0 aliphatic rings. The molecule has 0 radical (unpaired) electrons. The summed E-state index contributed by atoms with van der Waals surface area (Å²) < 4.78 is 0. The van der Waals surface area contributed by atoms with Crippen LogP contribution in [-0.2, 0) is 4.79 Å². The van der Waals surface area contributed by atoms with Gasteiger partial charge in [0.1, 0.15) is 0 Å². The number of hydrogen-bond acceptors (Lipinski definition) is 1. The van der Waals surface area contributed by atoms with Crippen molar-refractivity contribution in [2.24, 2.45) is 5.41 Å². The van der Waals surface area contributed by atoms with Gasteiger partial charge in [0.05, 0.1) is 5.41 Å². The second-order valence-corrected chi connectivity index (χ2v) is 2.56. The van der Waals surface area contributed by atoms with Gasteiger partial charge in [-0.25, -0.2) is 0 Å². The molecule has 0 saturated carbocycles. The van der Waals surface area contributed by atoms with Crippen LogP contribution in [0.15, 0.2) is 0 Å². The first-order valence-electron chi connectivity index (χ1n) is 2.18. The average molecular weight is 265 g/mol. The minimum Gasteiger partial charge on any atom is -0.481 e. The van der Waals surface area contributed by atoms with E-state index in [1.807, 2.05) is 0 Å². The van der Waals surface area contributed by atoms with Gasteiger partial charge in [-0.15, -0.1) is 0 Å². The Morgan fingerprint density at radius 2 is 1.50 bits per heavy atom. The summed E-state index contributed by atoms with van der Waals surface area (Å²) in [6.45, 7) is 4.99. The van der Waals surface area contributed by atoms with E-state index < -0.39 is 11.4 Å². The van der Waals surface area contributed by atoms with E-state index in [1.165, 1.54) is 0 Å². The zero-order valence-electron chi connectivity index (χ0n) is 5.17. The third kappa shape index (κ3) is 4.89. The van der Waals surface area contributed by atoms with Gasteiger partial charge in [-0.2, -0.15) is 0 Å². The van der Waals surface area contributed by atoms with Gasteiger partial charge in [0.15, 0.2) is 0 Å². The summed E-state index contributed by atoms with van der Waals surface area (Å²) in [4.78, 5) is 10.0. The Bertz CT molecular complexity index is 82.9.